The molecule has 132 valence electrons. The van der Waals surface area contributed by atoms with Crippen molar-refractivity contribution in [3.8, 4) is 11.5 Å². The molecule has 8 heteroatoms. The highest BCUT2D eigenvalue weighted by Gasteiger charge is 2.12. The Morgan fingerprint density at radius 1 is 1.11 bits per heavy atom. The van der Waals surface area contributed by atoms with Crippen molar-refractivity contribution >= 4 is 40.3 Å². The van der Waals surface area contributed by atoms with E-state index >= 15 is 0 Å². The minimum absolute atomic E-state index is 0.0869. The molecule has 2 aromatic heterocycles. The summed E-state index contributed by atoms with van der Waals surface area (Å²) in [7, 11) is 0. The van der Waals surface area contributed by atoms with Gasteiger partial charge in [0.1, 0.15) is 10.5 Å². The Morgan fingerprint density at radius 3 is 2.70 bits per heavy atom. The van der Waals surface area contributed by atoms with Gasteiger partial charge in [-0.1, -0.05) is 17.7 Å². The molecule has 0 saturated heterocycles. The van der Waals surface area contributed by atoms with Crippen molar-refractivity contribution in [1.29, 1.82) is 0 Å². The number of hydrogen-bond acceptors (Lipinski definition) is 6. The van der Waals surface area contributed by atoms with Crippen LogP contribution in [0.4, 0.5) is 11.4 Å². The molecular formula is C19H11ClN4O3. The van der Waals surface area contributed by atoms with E-state index in [0.717, 1.165) is 5.56 Å². The lowest BCUT2D eigenvalue weighted by atomic mass is 10.2. The SMILES string of the molecule is O=[N+]([O-])c1cc(C=Nc2ccc3nc(-c4ccncc4)oc3c2)ccc1Cl. The topological polar surface area (TPSA) is 94.4 Å². The Kier molecular flexibility index (Phi) is 4.35. The number of hydrogen-bond donors (Lipinski definition) is 0. The van der Waals surface area contributed by atoms with Crippen LogP contribution in [-0.2, 0) is 0 Å². The van der Waals surface area contributed by atoms with E-state index in [0.29, 0.717) is 28.2 Å². The third-order valence-electron chi connectivity index (χ3n) is 3.83. The standard InChI is InChI=1S/C19H11ClN4O3/c20-15-3-1-12(9-17(15)24(25)26)11-22-14-2-4-16-18(10-14)27-19(23-16)13-5-7-21-8-6-13/h1-11H. The van der Waals surface area contributed by atoms with Crippen LogP contribution in [0.5, 0.6) is 0 Å². The minimum Gasteiger partial charge on any atom is -0.436 e. The first-order valence-corrected chi connectivity index (χ1v) is 8.27. The highest BCUT2D eigenvalue weighted by Crippen LogP contribution is 2.28. The zero-order valence-corrected chi connectivity index (χ0v) is 14.5. The molecule has 0 N–H and O–H groups in total. The molecule has 0 saturated carbocycles. The predicted octanol–water partition coefficient (Wildman–Crippen LogP) is 5.20. The summed E-state index contributed by atoms with van der Waals surface area (Å²) in [5, 5.41) is 11.1. The molecule has 0 unspecified atom stereocenters. The van der Waals surface area contributed by atoms with Crippen molar-refractivity contribution in [3.63, 3.8) is 0 Å². The van der Waals surface area contributed by atoms with Gasteiger partial charge in [0.2, 0.25) is 5.89 Å². The normalized spacial score (nSPS) is 11.3. The van der Waals surface area contributed by atoms with Crippen LogP contribution in [0.25, 0.3) is 22.6 Å². The molecule has 0 bridgehead atoms. The maximum atomic E-state index is 11.0. The molecule has 0 radical (unpaired) electrons. The molecule has 27 heavy (non-hydrogen) atoms. The number of nitro groups is 1. The molecule has 0 aliphatic heterocycles. The average molecular weight is 379 g/mol. The Morgan fingerprint density at radius 2 is 1.93 bits per heavy atom. The Balaban J connectivity index is 1.64. The van der Waals surface area contributed by atoms with Crippen molar-refractivity contribution in [2.45, 2.75) is 0 Å². The van der Waals surface area contributed by atoms with E-state index in [-0.39, 0.29) is 10.7 Å². The lowest BCUT2D eigenvalue weighted by molar-refractivity contribution is -0.384. The number of aromatic nitrogens is 2. The van der Waals surface area contributed by atoms with Crippen LogP contribution < -0.4 is 0 Å². The zero-order chi connectivity index (χ0) is 18.8. The summed E-state index contributed by atoms with van der Waals surface area (Å²) in [6.07, 6.45) is 4.88. The summed E-state index contributed by atoms with van der Waals surface area (Å²) in [5.74, 6) is 0.502. The van der Waals surface area contributed by atoms with E-state index in [4.69, 9.17) is 16.0 Å². The van der Waals surface area contributed by atoms with Gasteiger partial charge in [-0.3, -0.25) is 20.1 Å². The quantitative estimate of drug-likeness (QED) is 0.276. The maximum Gasteiger partial charge on any atom is 0.288 e. The first-order chi connectivity index (χ1) is 13.1. The predicted molar refractivity (Wildman–Crippen MR) is 103 cm³/mol. The molecule has 7 nitrogen and oxygen atoms in total. The first kappa shape index (κ1) is 16.9. The summed E-state index contributed by atoms with van der Waals surface area (Å²) in [5.41, 5.74) is 3.19. The molecule has 4 rings (SSSR count). The van der Waals surface area contributed by atoms with Crippen LogP contribution in [0.3, 0.4) is 0 Å². The number of aliphatic imine (C=N–C) groups is 1. The molecule has 0 spiro atoms. The highest BCUT2D eigenvalue weighted by molar-refractivity contribution is 6.32. The number of benzene rings is 2. The minimum atomic E-state index is -0.527. The number of rotatable bonds is 4. The number of pyridine rings is 1. The van der Waals surface area contributed by atoms with E-state index in [2.05, 4.69) is 15.0 Å². The van der Waals surface area contributed by atoms with Gasteiger partial charge in [0.05, 0.1) is 10.6 Å². The van der Waals surface area contributed by atoms with Gasteiger partial charge in [0.15, 0.2) is 5.58 Å². The van der Waals surface area contributed by atoms with Crippen LogP contribution >= 0.6 is 11.6 Å². The molecule has 2 heterocycles. The molecule has 2 aromatic carbocycles. The third kappa shape index (κ3) is 3.54. The molecular weight excluding hydrogens is 368 g/mol. The first-order valence-electron chi connectivity index (χ1n) is 7.89. The number of oxazole rings is 1. The van der Waals surface area contributed by atoms with E-state index in [1.165, 1.54) is 18.3 Å². The summed E-state index contributed by atoms with van der Waals surface area (Å²) in [6, 6.07) is 13.5. The second-order valence-electron chi connectivity index (χ2n) is 5.63. The average Bonchev–Trinajstić information content (AvgIpc) is 3.11. The molecule has 4 aromatic rings. The molecule has 0 aliphatic carbocycles. The fourth-order valence-electron chi connectivity index (χ4n) is 2.51. The van der Waals surface area contributed by atoms with Crippen molar-refractivity contribution in [2.24, 2.45) is 4.99 Å². The van der Waals surface area contributed by atoms with Crippen LogP contribution in [0.1, 0.15) is 5.56 Å². The number of fused-ring (bicyclic) bond motifs is 1. The highest BCUT2D eigenvalue weighted by atomic mass is 35.5. The van der Waals surface area contributed by atoms with Crippen LogP contribution in [0.15, 0.2) is 70.3 Å². The molecule has 0 aliphatic rings. The Bertz CT molecular complexity index is 1170. The van der Waals surface area contributed by atoms with E-state index in [1.807, 2.05) is 12.1 Å². The Labute approximate surface area is 158 Å². The van der Waals surface area contributed by atoms with E-state index in [1.54, 1.807) is 36.7 Å². The fourth-order valence-corrected chi connectivity index (χ4v) is 2.70. The van der Waals surface area contributed by atoms with Gasteiger partial charge >= 0.3 is 0 Å². The molecule has 0 atom stereocenters. The number of nitro benzene ring substituents is 1. The van der Waals surface area contributed by atoms with Gasteiger partial charge in [0, 0.05) is 36.3 Å². The van der Waals surface area contributed by atoms with Gasteiger partial charge in [-0.2, -0.15) is 0 Å². The largest absolute Gasteiger partial charge is 0.436 e. The Hall–Kier alpha value is -3.58. The number of nitrogens with zero attached hydrogens (tertiary/aromatic N) is 4. The summed E-state index contributed by atoms with van der Waals surface area (Å²) in [6.45, 7) is 0. The molecule has 0 amide bonds. The lowest BCUT2D eigenvalue weighted by Gasteiger charge is -1.97. The molecule has 0 fully saturated rings. The van der Waals surface area contributed by atoms with E-state index < -0.39 is 4.92 Å². The summed E-state index contributed by atoms with van der Waals surface area (Å²) < 4.78 is 5.79. The van der Waals surface area contributed by atoms with Gasteiger partial charge < -0.3 is 4.42 Å². The van der Waals surface area contributed by atoms with Crippen molar-refractivity contribution in [2.75, 3.05) is 0 Å². The lowest BCUT2D eigenvalue weighted by Crippen LogP contribution is -1.91. The fraction of sp³-hybridized carbons (Fsp3) is 0. The zero-order valence-electron chi connectivity index (χ0n) is 13.7. The van der Waals surface area contributed by atoms with Crippen molar-refractivity contribution < 1.29 is 9.34 Å². The third-order valence-corrected chi connectivity index (χ3v) is 4.15. The smallest absolute Gasteiger partial charge is 0.288 e. The number of halogens is 1. The van der Waals surface area contributed by atoms with Gasteiger partial charge in [-0.15, -0.1) is 0 Å². The van der Waals surface area contributed by atoms with Gasteiger partial charge in [-0.05, 0) is 35.9 Å². The van der Waals surface area contributed by atoms with Crippen LogP contribution in [0.2, 0.25) is 5.02 Å². The second kappa shape index (κ2) is 6.97. The van der Waals surface area contributed by atoms with Crippen molar-refractivity contribution in [1.82, 2.24) is 9.97 Å². The second-order valence-corrected chi connectivity index (χ2v) is 6.04. The maximum absolute atomic E-state index is 11.0. The summed E-state index contributed by atoms with van der Waals surface area (Å²) in [4.78, 5) is 23.2. The van der Waals surface area contributed by atoms with Gasteiger partial charge in [-0.25, -0.2) is 4.98 Å². The summed E-state index contributed by atoms with van der Waals surface area (Å²) >= 11 is 5.82. The van der Waals surface area contributed by atoms with Gasteiger partial charge in [0.25, 0.3) is 5.69 Å². The van der Waals surface area contributed by atoms with E-state index in [9.17, 15) is 10.1 Å². The van der Waals surface area contributed by atoms with Crippen molar-refractivity contribution in [3.05, 3.63) is 81.6 Å². The monoisotopic (exact) mass is 378 g/mol. The van der Waals surface area contributed by atoms with Crippen LogP contribution in [-0.4, -0.2) is 21.1 Å². The van der Waals surface area contributed by atoms with Crippen LogP contribution in [0, 0.1) is 10.1 Å².